The van der Waals surface area contributed by atoms with E-state index in [4.69, 9.17) is 9.47 Å². The van der Waals surface area contributed by atoms with Crippen molar-refractivity contribution in [2.75, 3.05) is 36.5 Å². The number of aromatic nitrogens is 3. The number of anilines is 2. The van der Waals surface area contributed by atoms with Crippen LogP contribution in [-0.2, 0) is 17.7 Å². The molecule has 0 radical (unpaired) electrons. The van der Waals surface area contributed by atoms with Gasteiger partial charge in [-0.05, 0) is 48.9 Å². The molecule has 2 aromatic carbocycles. The van der Waals surface area contributed by atoms with Gasteiger partial charge in [-0.2, -0.15) is 0 Å². The Labute approximate surface area is 209 Å². The molecule has 0 spiro atoms. The third-order valence-electron chi connectivity index (χ3n) is 6.55. The number of ether oxygens (including phenoxy) is 2. The van der Waals surface area contributed by atoms with Crippen molar-refractivity contribution in [2.45, 2.75) is 19.9 Å². The first kappa shape index (κ1) is 22.3. The SMILES string of the molecule is Cc1nccc(CNc2ccc3c(c2)Cc2cccc(-c4cc(N5CCOCC5)cc(=O)[nH]4)c2O3)n1. The normalized spacial score (nSPS) is 14.5. The van der Waals surface area contributed by atoms with Gasteiger partial charge in [0.15, 0.2) is 0 Å². The predicted octanol–water partition coefficient (Wildman–Crippen LogP) is 4.29. The average Bonchev–Trinajstić information content (AvgIpc) is 2.90. The molecule has 4 heterocycles. The van der Waals surface area contributed by atoms with Gasteiger partial charge in [0, 0.05) is 54.3 Å². The number of nitrogens with zero attached hydrogens (tertiary/aromatic N) is 3. The molecule has 0 aliphatic carbocycles. The van der Waals surface area contributed by atoms with E-state index in [2.05, 4.69) is 37.3 Å². The molecule has 2 aliphatic heterocycles. The lowest BCUT2D eigenvalue weighted by Gasteiger charge is -2.29. The van der Waals surface area contributed by atoms with Crippen molar-refractivity contribution >= 4 is 11.4 Å². The zero-order chi connectivity index (χ0) is 24.5. The summed E-state index contributed by atoms with van der Waals surface area (Å²) in [5.74, 6) is 2.37. The van der Waals surface area contributed by atoms with Gasteiger partial charge < -0.3 is 24.7 Å². The summed E-state index contributed by atoms with van der Waals surface area (Å²) in [6, 6.07) is 17.8. The first-order valence-corrected chi connectivity index (χ1v) is 12.1. The van der Waals surface area contributed by atoms with E-state index in [1.165, 1.54) is 0 Å². The highest BCUT2D eigenvalue weighted by Crippen LogP contribution is 2.43. The molecule has 0 atom stereocenters. The van der Waals surface area contributed by atoms with Crippen molar-refractivity contribution < 1.29 is 9.47 Å². The molecule has 0 amide bonds. The van der Waals surface area contributed by atoms with Crippen molar-refractivity contribution in [3.63, 3.8) is 0 Å². The van der Waals surface area contributed by atoms with Gasteiger partial charge in [-0.25, -0.2) is 9.97 Å². The second kappa shape index (κ2) is 9.47. The van der Waals surface area contributed by atoms with E-state index in [9.17, 15) is 4.79 Å². The maximum Gasteiger partial charge on any atom is 0.250 e. The fourth-order valence-corrected chi connectivity index (χ4v) is 4.77. The maximum absolute atomic E-state index is 12.5. The van der Waals surface area contributed by atoms with E-state index in [0.717, 1.165) is 76.3 Å². The standard InChI is InChI=1S/C28H27N5O3/c1-18-29-8-7-22(31-18)17-30-21-5-6-26-20(14-21)13-19-3-2-4-24(28(19)36-26)25-15-23(16-27(34)32-25)33-9-11-35-12-10-33/h2-8,14-16,30H,9-13,17H2,1H3,(H,32,34). The number of benzene rings is 2. The zero-order valence-electron chi connectivity index (χ0n) is 20.1. The van der Waals surface area contributed by atoms with Crippen molar-refractivity contribution in [1.82, 2.24) is 15.0 Å². The summed E-state index contributed by atoms with van der Waals surface area (Å²) >= 11 is 0. The number of H-pyrrole nitrogens is 1. The Balaban J connectivity index is 1.26. The van der Waals surface area contributed by atoms with Crippen molar-refractivity contribution in [3.05, 3.63) is 93.8 Å². The van der Waals surface area contributed by atoms with Crippen LogP contribution < -0.4 is 20.5 Å². The van der Waals surface area contributed by atoms with E-state index in [1.54, 1.807) is 12.3 Å². The monoisotopic (exact) mass is 481 g/mol. The smallest absolute Gasteiger partial charge is 0.250 e. The highest BCUT2D eigenvalue weighted by atomic mass is 16.5. The number of pyridine rings is 1. The van der Waals surface area contributed by atoms with Crippen LogP contribution in [-0.4, -0.2) is 41.3 Å². The number of nitrogens with one attached hydrogen (secondary N) is 2. The number of fused-ring (bicyclic) bond motifs is 2. The second-order valence-corrected chi connectivity index (χ2v) is 9.06. The third kappa shape index (κ3) is 4.55. The van der Waals surface area contributed by atoms with E-state index in [1.807, 2.05) is 43.3 Å². The Hall–Kier alpha value is -4.17. The Morgan fingerprint density at radius 2 is 1.94 bits per heavy atom. The molecule has 8 nitrogen and oxygen atoms in total. The second-order valence-electron chi connectivity index (χ2n) is 9.06. The van der Waals surface area contributed by atoms with Gasteiger partial charge >= 0.3 is 0 Å². The lowest BCUT2D eigenvalue weighted by molar-refractivity contribution is 0.122. The van der Waals surface area contributed by atoms with Gasteiger partial charge in [0.05, 0.1) is 31.1 Å². The minimum atomic E-state index is -0.127. The van der Waals surface area contributed by atoms with E-state index < -0.39 is 0 Å². The Kier molecular flexibility index (Phi) is 5.87. The van der Waals surface area contributed by atoms with Gasteiger partial charge in [-0.3, -0.25) is 4.79 Å². The van der Waals surface area contributed by atoms with Gasteiger partial charge in [0.25, 0.3) is 0 Å². The molecular formula is C28H27N5O3. The summed E-state index contributed by atoms with van der Waals surface area (Å²) in [4.78, 5) is 26.3. The molecule has 2 aliphatic rings. The van der Waals surface area contributed by atoms with Crippen LogP contribution in [0.2, 0.25) is 0 Å². The molecule has 2 aromatic heterocycles. The summed E-state index contributed by atoms with van der Waals surface area (Å²) in [6.07, 6.45) is 2.52. The molecular weight excluding hydrogens is 454 g/mol. The minimum absolute atomic E-state index is 0.127. The molecule has 0 bridgehead atoms. The molecule has 8 heteroatoms. The largest absolute Gasteiger partial charge is 0.456 e. The van der Waals surface area contributed by atoms with E-state index in [-0.39, 0.29) is 5.56 Å². The van der Waals surface area contributed by atoms with Crippen LogP contribution in [0, 0.1) is 6.92 Å². The van der Waals surface area contributed by atoms with Crippen LogP contribution in [0.15, 0.2) is 65.6 Å². The number of aromatic amines is 1. The molecule has 4 aromatic rings. The number of hydrogen-bond acceptors (Lipinski definition) is 7. The fraction of sp³-hybridized carbons (Fsp3) is 0.250. The van der Waals surface area contributed by atoms with Crippen LogP contribution in [0.3, 0.4) is 0 Å². The molecule has 2 N–H and O–H groups in total. The van der Waals surface area contributed by atoms with Gasteiger partial charge in [0.1, 0.15) is 17.3 Å². The first-order chi connectivity index (χ1) is 17.6. The summed E-state index contributed by atoms with van der Waals surface area (Å²) < 4.78 is 11.9. The Bertz CT molecular complexity index is 1480. The molecule has 1 saturated heterocycles. The highest BCUT2D eigenvalue weighted by Gasteiger charge is 2.22. The van der Waals surface area contributed by atoms with Crippen LogP contribution in [0.4, 0.5) is 11.4 Å². The predicted molar refractivity (Wildman–Crippen MR) is 139 cm³/mol. The number of morpholine rings is 1. The Morgan fingerprint density at radius 3 is 2.81 bits per heavy atom. The summed E-state index contributed by atoms with van der Waals surface area (Å²) in [5, 5.41) is 3.44. The van der Waals surface area contributed by atoms with Crippen LogP contribution in [0.5, 0.6) is 11.5 Å². The summed E-state index contributed by atoms with van der Waals surface area (Å²) in [5.41, 5.74) is 6.56. The number of aryl methyl sites for hydroxylation is 1. The highest BCUT2D eigenvalue weighted by molar-refractivity contribution is 5.74. The van der Waals surface area contributed by atoms with Crippen LogP contribution in [0.25, 0.3) is 11.3 Å². The van der Waals surface area contributed by atoms with Crippen molar-refractivity contribution in [2.24, 2.45) is 0 Å². The average molecular weight is 482 g/mol. The summed E-state index contributed by atoms with van der Waals surface area (Å²) in [7, 11) is 0. The van der Waals surface area contributed by atoms with E-state index in [0.29, 0.717) is 19.8 Å². The summed E-state index contributed by atoms with van der Waals surface area (Å²) in [6.45, 7) is 5.38. The number of para-hydroxylation sites is 1. The lowest BCUT2D eigenvalue weighted by Crippen LogP contribution is -2.36. The van der Waals surface area contributed by atoms with Gasteiger partial charge in [-0.1, -0.05) is 12.1 Å². The van der Waals surface area contributed by atoms with E-state index >= 15 is 0 Å². The molecule has 1 fully saturated rings. The van der Waals surface area contributed by atoms with Crippen LogP contribution in [0.1, 0.15) is 22.6 Å². The number of rotatable bonds is 5. The topological polar surface area (TPSA) is 92.4 Å². The quantitative estimate of drug-likeness (QED) is 0.387. The van der Waals surface area contributed by atoms with Gasteiger partial charge in [-0.15, -0.1) is 0 Å². The lowest BCUT2D eigenvalue weighted by atomic mass is 9.96. The fourth-order valence-electron chi connectivity index (χ4n) is 4.77. The molecule has 36 heavy (non-hydrogen) atoms. The zero-order valence-corrected chi connectivity index (χ0v) is 20.1. The van der Waals surface area contributed by atoms with Crippen LogP contribution >= 0.6 is 0 Å². The minimum Gasteiger partial charge on any atom is -0.456 e. The number of hydrogen-bond donors (Lipinski definition) is 2. The third-order valence-corrected chi connectivity index (χ3v) is 6.55. The van der Waals surface area contributed by atoms with Crippen molar-refractivity contribution in [1.29, 1.82) is 0 Å². The molecule has 0 unspecified atom stereocenters. The molecule has 6 rings (SSSR count). The Morgan fingerprint density at radius 1 is 1.06 bits per heavy atom. The maximum atomic E-state index is 12.5. The first-order valence-electron chi connectivity index (χ1n) is 12.1. The van der Waals surface area contributed by atoms with Gasteiger partial charge in [0.2, 0.25) is 5.56 Å². The van der Waals surface area contributed by atoms with Crippen molar-refractivity contribution in [3.8, 4) is 22.8 Å². The molecule has 182 valence electrons. The molecule has 0 saturated carbocycles.